The average molecular weight is 370 g/mol. The fourth-order valence-electron chi connectivity index (χ4n) is 4.07. The largest absolute Gasteiger partial charge is 0.388 e. The monoisotopic (exact) mass is 370 g/mol. The number of imidazole rings is 1. The second-order valence-electron chi connectivity index (χ2n) is 7.66. The minimum atomic E-state index is -0.717. The Morgan fingerprint density at radius 2 is 2.04 bits per heavy atom. The molecule has 1 N–H and O–H groups in total. The molecule has 4 heterocycles. The van der Waals surface area contributed by atoms with Crippen molar-refractivity contribution in [3.63, 3.8) is 0 Å². The van der Waals surface area contributed by atoms with E-state index in [1.54, 1.807) is 19.4 Å². The molecule has 8 nitrogen and oxygen atoms in total. The second-order valence-corrected chi connectivity index (χ2v) is 7.66. The number of aromatic nitrogens is 4. The first-order chi connectivity index (χ1) is 12.9. The molecule has 0 aromatic carbocycles. The third-order valence-electron chi connectivity index (χ3n) is 5.63. The number of nitrogens with zero attached hydrogens (tertiary/aromatic N) is 6. The van der Waals surface area contributed by atoms with Crippen LogP contribution in [-0.4, -0.2) is 60.7 Å². The van der Waals surface area contributed by atoms with Crippen molar-refractivity contribution >= 4 is 11.7 Å². The van der Waals surface area contributed by atoms with E-state index in [0.717, 1.165) is 42.4 Å². The Kier molecular flexibility index (Phi) is 4.59. The fraction of sp³-hybridized carbons (Fsp3) is 0.579. The van der Waals surface area contributed by atoms with Gasteiger partial charge in [0.1, 0.15) is 11.6 Å². The molecule has 0 bridgehead atoms. The highest BCUT2D eigenvalue weighted by molar-refractivity contribution is 5.73. The topological polar surface area (TPSA) is 87.4 Å². The highest BCUT2D eigenvalue weighted by Crippen LogP contribution is 2.31. The van der Waals surface area contributed by atoms with Gasteiger partial charge in [0.25, 0.3) is 0 Å². The summed E-state index contributed by atoms with van der Waals surface area (Å²) in [6.45, 7) is 6.84. The molecule has 27 heavy (non-hydrogen) atoms. The molecule has 144 valence electrons. The van der Waals surface area contributed by atoms with Gasteiger partial charge in [-0.3, -0.25) is 4.79 Å². The van der Waals surface area contributed by atoms with Crippen molar-refractivity contribution in [3.8, 4) is 0 Å². The molecular formula is C19H26N6O2. The number of hydrogen-bond acceptors (Lipinski definition) is 6. The Balaban J connectivity index is 1.51. The van der Waals surface area contributed by atoms with Gasteiger partial charge in [-0.05, 0) is 26.2 Å². The lowest BCUT2D eigenvalue weighted by molar-refractivity contribution is -0.129. The van der Waals surface area contributed by atoms with E-state index >= 15 is 0 Å². The van der Waals surface area contributed by atoms with E-state index < -0.39 is 5.60 Å². The molecule has 4 rings (SSSR count). The summed E-state index contributed by atoms with van der Waals surface area (Å²) in [6.07, 6.45) is 7.51. The van der Waals surface area contributed by atoms with Crippen LogP contribution in [0.5, 0.6) is 0 Å². The van der Waals surface area contributed by atoms with Crippen LogP contribution in [0.15, 0.2) is 18.7 Å². The number of piperidine rings is 1. The van der Waals surface area contributed by atoms with Crippen LogP contribution in [-0.2, 0) is 24.3 Å². The first-order valence-electron chi connectivity index (χ1n) is 9.48. The molecule has 2 aromatic rings. The Morgan fingerprint density at radius 3 is 2.70 bits per heavy atom. The number of anilines is 1. The molecule has 0 radical (unpaired) electrons. The predicted octanol–water partition coefficient (Wildman–Crippen LogP) is 0.918. The minimum Gasteiger partial charge on any atom is -0.388 e. The molecular weight excluding hydrogens is 344 g/mol. The van der Waals surface area contributed by atoms with Gasteiger partial charge in [-0.15, -0.1) is 0 Å². The molecule has 8 heteroatoms. The first kappa shape index (κ1) is 17.9. The summed E-state index contributed by atoms with van der Waals surface area (Å²) >= 11 is 0. The van der Waals surface area contributed by atoms with Crippen LogP contribution in [0, 0.1) is 6.92 Å². The van der Waals surface area contributed by atoms with Gasteiger partial charge in [0.05, 0.1) is 30.7 Å². The zero-order chi connectivity index (χ0) is 19.0. The molecule has 0 atom stereocenters. The quantitative estimate of drug-likeness (QED) is 0.864. The second kappa shape index (κ2) is 6.92. The molecule has 2 aliphatic heterocycles. The lowest BCUT2D eigenvalue weighted by Gasteiger charge is -2.40. The molecule has 2 aliphatic rings. The Morgan fingerprint density at radius 1 is 1.26 bits per heavy atom. The van der Waals surface area contributed by atoms with E-state index in [2.05, 4.69) is 14.9 Å². The number of carbonyl (C=O) groups excluding carboxylic acids is 1. The van der Waals surface area contributed by atoms with Crippen molar-refractivity contribution in [2.75, 3.05) is 24.5 Å². The number of aryl methyl sites for hydroxylation is 1. The molecule has 0 saturated carbocycles. The summed E-state index contributed by atoms with van der Waals surface area (Å²) in [5.74, 6) is 1.79. The predicted molar refractivity (Wildman–Crippen MR) is 100 cm³/mol. The van der Waals surface area contributed by atoms with E-state index in [1.165, 1.54) is 0 Å². The molecule has 0 aliphatic carbocycles. The van der Waals surface area contributed by atoms with Crippen LogP contribution in [0.3, 0.4) is 0 Å². The summed E-state index contributed by atoms with van der Waals surface area (Å²) in [7, 11) is 0. The van der Waals surface area contributed by atoms with Gasteiger partial charge >= 0.3 is 0 Å². The summed E-state index contributed by atoms with van der Waals surface area (Å²) in [6, 6.07) is 0. The van der Waals surface area contributed by atoms with Crippen molar-refractivity contribution in [2.45, 2.75) is 51.8 Å². The number of amides is 1. The van der Waals surface area contributed by atoms with E-state index in [4.69, 9.17) is 4.98 Å². The van der Waals surface area contributed by atoms with Crippen molar-refractivity contribution in [1.29, 1.82) is 0 Å². The van der Waals surface area contributed by atoms with Crippen LogP contribution in [0.4, 0.5) is 5.82 Å². The lowest BCUT2D eigenvalue weighted by atomic mass is 9.90. The van der Waals surface area contributed by atoms with E-state index in [-0.39, 0.29) is 5.91 Å². The zero-order valence-corrected chi connectivity index (χ0v) is 15.9. The molecule has 0 spiro atoms. The maximum absolute atomic E-state index is 11.7. The van der Waals surface area contributed by atoms with Crippen molar-refractivity contribution in [2.24, 2.45) is 0 Å². The number of carbonyl (C=O) groups is 1. The fourth-order valence-corrected chi connectivity index (χ4v) is 4.07. The van der Waals surface area contributed by atoms with Crippen LogP contribution in [0.2, 0.25) is 0 Å². The number of fused-ring (bicyclic) bond motifs is 1. The molecule has 1 saturated heterocycles. The van der Waals surface area contributed by atoms with Gasteiger partial charge in [-0.25, -0.2) is 15.0 Å². The highest BCUT2D eigenvalue weighted by atomic mass is 16.3. The van der Waals surface area contributed by atoms with Crippen LogP contribution < -0.4 is 4.90 Å². The highest BCUT2D eigenvalue weighted by Gasteiger charge is 2.35. The average Bonchev–Trinajstić information content (AvgIpc) is 3.13. The van der Waals surface area contributed by atoms with Gasteiger partial charge in [-0.2, -0.15) is 0 Å². The summed E-state index contributed by atoms with van der Waals surface area (Å²) < 4.78 is 1.93. The lowest BCUT2D eigenvalue weighted by Crippen LogP contribution is -2.47. The third-order valence-corrected chi connectivity index (χ3v) is 5.63. The Labute approximate surface area is 158 Å². The Hall–Kier alpha value is -2.48. The van der Waals surface area contributed by atoms with E-state index in [1.807, 2.05) is 22.6 Å². The van der Waals surface area contributed by atoms with Gasteiger partial charge in [0.15, 0.2) is 0 Å². The molecule has 1 amide bonds. The smallest absolute Gasteiger partial charge is 0.219 e. The molecule has 0 unspecified atom stereocenters. The maximum Gasteiger partial charge on any atom is 0.219 e. The van der Waals surface area contributed by atoms with E-state index in [0.29, 0.717) is 32.5 Å². The summed E-state index contributed by atoms with van der Waals surface area (Å²) in [5.41, 5.74) is 1.39. The van der Waals surface area contributed by atoms with Gasteiger partial charge in [0.2, 0.25) is 5.91 Å². The molecule has 1 fully saturated rings. The standard InChI is InChI=1S/C19H26N6O2/c1-14-21-17-11-25(15(2)26)7-3-16(17)18(22-14)24-8-4-19(27,5-9-24)12-23-10-6-20-13-23/h6,10,13,27H,3-5,7-9,11-12H2,1-2H3. The zero-order valence-electron chi connectivity index (χ0n) is 15.9. The third kappa shape index (κ3) is 3.66. The number of rotatable bonds is 3. The SMILES string of the molecule is CC(=O)N1CCc2c(nc(C)nc2N2CCC(O)(Cn3ccnc3)CC2)C1. The van der Waals surface area contributed by atoms with Crippen LogP contribution in [0.1, 0.15) is 36.8 Å². The van der Waals surface area contributed by atoms with Gasteiger partial charge in [-0.1, -0.05) is 0 Å². The summed E-state index contributed by atoms with van der Waals surface area (Å²) in [5, 5.41) is 10.9. The molecule has 2 aromatic heterocycles. The van der Waals surface area contributed by atoms with Crippen LogP contribution in [0.25, 0.3) is 0 Å². The number of aliphatic hydroxyl groups is 1. The normalized spacial score (nSPS) is 19.1. The van der Waals surface area contributed by atoms with Crippen molar-refractivity contribution in [3.05, 3.63) is 35.8 Å². The van der Waals surface area contributed by atoms with Crippen molar-refractivity contribution in [1.82, 2.24) is 24.4 Å². The van der Waals surface area contributed by atoms with Crippen molar-refractivity contribution < 1.29 is 9.90 Å². The first-order valence-corrected chi connectivity index (χ1v) is 9.48. The maximum atomic E-state index is 11.7. The van der Waals surface area contributed by atoms with E-state index in [9.17, 15) is 9.90 Å². The van der Waals surface area contributed by atoms with Gasteiger partial charge in [0, 0.05) is 44.5 Å². The minimum absolute atomic E-state index is 0.0843. The Bertz CT molecular complexity index is 827. The number of hydrogen-bond donors (Lipinski definition) is 1. The van der Waals surface area contributed by atoms with Gasteiger partial charge < -0.3 is 19.5 Å². The summed E-state index contributed by atoms with van der Waals surface area (Å²) in [4.78, 5) is 29.2. The van der Waals surface area contributed by atoms with Crippen LogP contribution >= 0.6 is 0 Å².